The Morgan fingerprint density at radius 2 is 1.61 bits per heavy atom. The summed E-state index contributed by atoms with van der Waals surface area (Å²) in [6, 6.07) is 0. The molecule has 0 aliphatic heterocycles. The number of Topliss-reactive ketones (excluding diaryl/α,β-unsaturated/α-hetero) is 1. The average Bonchev–Trinajstić information content (AvgIpc) is 3.00. The van der Waals surface area contributed by atoms with Crippen molar-refractivity contribution in [3.05, 3.63) is 0 Å². The minimum atomic E-state index is 0.0882. The van der Waals surface area contributed by atoms with Gasteiger partial charge in [-0.15, -0.1) is 0 Å². The molecule has 0 saturated heterocycles. The maximum atomic E-state index is 11.4. The Morgan fingerprint density at radius 3 is 2.32 bits per heavy atom. The van der Waals surface area contributed by atoms with E-state index in [4.69, 9.17) is 5.73 Å². The zero-order chi connectivity index (χ0) is 20.6. The molecule has 0 spiro atoms. The highest BCUT2D eigenvalue weighted by Gasteiger charge is 2.64. The lowest BCUT2D eigenvalue weighted by Gasteiger charge is -2.65. The van der Waals surface area contributed by atoms with Gasteiger partial charge in [-0.2, -0.15) is 0 Å². The molecular weight excluding hydrogens is 342 g/mol. The predicted octanol–water partition coefficient (Wildman–Crippen LogP) is 6.90. The van der Waals surface area contributed by atoms with Crippen LogP contribution < -0.4 is 5.73 Å². The minimum absolute atomic E-state index is 0.0882. The van der Waals surface area contributed by atoms with Crippen LogP contribution in [0.1, 0.15) is 118 Å². The monoisotopic (exact) mass is 389 g/mol. The van der Waals surface area contributed by atoms with Crippen LogP contribution >= 0.6 is 0 Å². The number of rotatable bonds is 4. The lowest BCUT2D eigenvalue weighted by Crippen LogP contribution is -2.67. The van der Waals surface area contributed by atoms with E-state index in [0.717, 1.165) is 36.5 Å². The SMILES string of the molecule is CC.CC(=O)CCCC1CCC2C1(C)CCC1C3(C)CCCCC3CCC12N. The summed E-state index contributed by atoms with van der Waals surface area (Å²) < 4.78 is 0. The van der Waals surface area contributed by atoms with E-state index < -0.39 is 0 Å². The smallest absolute Gasteiger partial charge is 0.129 e. The van der Waals surface area contributed by atoms with Gasteiger partial charge in [-0.05, 0) is 106 Å². The molecule has 4 aliphatic rings. The van der Waals surface area contributed by atoms with Crippen molar-refractivity contribution < 1.29 is 4.79 Å². The van der Waals surface area contributed by atoms with Crippen LogP contribution in [-0.4, -0.2) is 11.3 Å². The summed E-state index contributed by atoms with van der Waals surface area (Å²) in [6.07, 6.45) is 16.9. The Balaban J connectivity index is 0.00000109. The number of carbonyl (C=O) groups is 1. The summed E-state index contributed by atoms with van der Waals surface area (Å²) in [5, 5.41) is 0. The molecule has 0 amide bonds. The molecule has 4 fully saturated rings. The fourth-order valence-electron chi connectivity index (χ4n) is 8.69. The van der Waals surface area contributed by atoms with Crippen LogP contribution in [0.5, 0.6) is 0 Å². The van der Waals surface area contributed by atoms with E-state index >= 15 is 0 Å². The van der Waals surface area contributed by atoms with Gasteiger partial charge in [0.25, 0.3) is 0 Å². The van der Waals surface area contributed by atoms with E-state index in [9.17, 15) is 4.79 Å². The van der Waals surface area contributed by atoms with E-state index in [-0.39, 0.29) is 5.54 Å². The molecule has 0 aromatic rings. The van der Waals surface area contributed by atoms with E-state index in [2.05, 4.69) is 13.8 Å². The number of hydrogen-bond acceptors (Lipinski definition) is 2. The van der Waals surface area contributed by atoms with Crippen molar-refractivity contribution >= 4 is 5.78 Å². The molecule has 4 rings (SSSR count). The van der Waals surface area contributed by atoms with Crippen molar-refractivity contribution in [1.82, 2.24) is 0 Å². The van der Waals surface area contributed by atoms with Crippen molar-refractivity contribution in [3.8, 4) is 0 Å². The Labute approximate surface area is 174 Å². The highest BCUT2D eigenvalue weighted by molar-refractivity contribution is 5.75. The number of ketones is 1. The normalized spacial score (nSPS) is 47.2. The number of nitrogens with two attached hydrogens (primary N) is 1. The van der Waals surface area contributed by atoms with Gasteiger partial charge >= 0.3 is 0 Å². The van der Waals surface area contributed by atoms with Crippen LogP contribution in [0, 0.1) is 34.5 Å². The lowest BCUT2D eigenvalue weighted by atomic mass is 9.42. The molecule has 0 bridgehead atoms. The second kappa shape index (κ2) is 8.40. The molecule has 4 aliphatic carbocycles. The fraction of sp³-hybridized carbons (Fsp3) is 0.962. The molecule has 0 heterocycles. The van der Waals surface area contributed by atoms with Crippen molar-refractivity contribution in [2.75, 3.05) is 0 Å². The summed E-state index contributed by atoms with van der Waals surface area (Å²) in [5.74, 6) is 3.56. The predicted molar refractivity (Wildman–Crippen MR) is 119 cm³/mol. The van der Waals surface area contributed by atoms with Crippen LogP contribution in [0.3, 0.4) is 0 Å². The third-order valence-electron chi connectivity index (χ3n) is 10.1. The number of hydrogen-bond donors (Lipinski definition) is 1. The Bertz CT molecular complexity index is 559. The third kappa shape index (κ3) is 3.50. The van der Waals surface area contributed by atoms with E-state index in [1.54, 1.807) is 6.92 Å². The van der Waals surface area contributed by atoms with E-state index in [0.29, 0.717) is 16.6 Å². The lowest BCUT2D eigenvalue weighted by molar-refractivity contribution is -0.126. The molecular formula is C26H47NO. The van der Waals surface area contributed by atoms with Gasteiger partial charge in [-0.3, -0.25) is 0 Å². The van der Waals surface area contributed by atoms with E-state index in [1.165, 1.54) is 70.6 Å². The molecule has 0 radical (unpaired) electrons. The Kier molecular flexibility index (Phi) is 6.70. The topological polar surface area (TPSA) is 43.1 Å². The highest BCUT2D eigenvalue weighted by atomic mass is 16.1. The van der Waals surface area contributed by atoms with Crippen LogP contribution in [0.15, 0.2) is 0 Å². The summed E-state index contributed by atoms with van der Waals surface area (Å²) in [6.45, 7) is 10.9. The van der Waals surface area contributed by atoms with Gasteiger partial charge in [0.2, 0.25) is 0 Å². The summed E-state index contributed by atoms with van der Waals surface area (Å²) >= 11 is 0. The first kappa shape index (κ1) is 22.3. The summed E-state index contributed by atoms with van der Waals surface area (Å²) in [7, 11) is 0. The maximum Gasteiger partial charge on any atom is 0.129 e. The van der Waals surface area contributed by atoms with Gasteiger partial charge in [-0.25, -0.2) is 0 Å². The summed E-state index contributed by atoms with van der Waals surface area (Å²) in [5.41, 5.74) is 8.44. The van der Waals surface area contributed by atoms with Crippen molar-refractivity contribution in [2.45, 2.75) is 124 Å². The first-order chi connectivity index (χ1) is 13.3. The molecule has 2 N–H and O–H groups in total. The van der Waals surface area contributed by atoms with Crippen LogP contribution in [0.4, 0.5) is 0 Å². The van der Waals surface area contributed by atoms with Crippen molar-refractivity contribution in [1.29, 1.82) is 0 Å². The zero-order valence-corrected chi connectivity index (χ0v) is 19.5. The fourth-order valence-corrected chi connectivity index (χ4v) is 8.69. The Hall–Kier alpha value is -0.370. The quantitative estimate of drug-likeness (QED) is 0.568. The van der Waals surface area contributed by atoms with Crippen LogP contribution in [0.2, 0.25) is 0 Å². The number of fused-ring (bicyclic) bond motifs is 5. The first-order valence-corrected chi connectivity index (χ1v) is 12.6. The molecule has 162 valence electrons. The van der Waals surface area contributed by atoms with Gasteiger partial charge in [0.15, 0.2) is 0 Å². The van der Waals surface area contributed by atoms with Gasteiger partial charge < -0.3 is 10.5 Å². The maximum absolute atomic E-state index is 11.4. The van der Waals surface area contributed by atoms with Crippen LogP contribution in [0.25, 0.3) is 0 Å². The van der Waals surface area contributed by atoms with Crippen LogP contribution in [-0.2, 0) is 4.79 Å². The molecule has 28 heavy (non-hydrogen) atoms. The van der Waals surface area contributed by atoms with E-state index in [1.807, 2.05) is 13.8 Å². The van der Waals surface area contributed by atoms with Gasteiger partial charge in [0, 0.05) is 12.0 Å². The first-order valence-electron chi connectivity index (χ1n) is 12.6. The second-order valence-corrected chi connectivity index (χ2v) is 11.1. The average molecular weight is 390 g/mol. The molecule has 0 aromatic heterocycles. The molecule has 7 unspecified atom stereocenters. The molecule has 4 saturated carbocycles. The van der Waals surface area contributed by atoms with Crippen molar-refractivity contribution in [2.24, 2.45) is 40.2 Å². The Morgan fingerprint density at radius 1 is 0.893 bits per heavy atom. The minimum Gasteiger partial charge on any atom is -0.325 e. The zero-order valence-electron chi connectivity index (χ0n) is 19.5. The van der Waals surface area contributed by atoms with Gasteiger partial charge in [0.05, 0.1) is 0 Å². The number of carbonyl (C=O) groups excluding carboxylic acids is 1. The highest BCUT2D eigenvalue weighted by Crippen LogP contribution is 2.68. The standard InChI is InChI=1S/C24H41NO.C2H6/c1-17(26)7-6-9-18-10-11-20-23(18,3)15-13-21-22(2)14-5-4-8-19(22)12-16-24(20,21)25;1-2/h18-21H,4-16,25H2,1-3H3;1-2H3. The molecule has 7 atom stereocenters. The van der Waals surface area contributed by atoms with Gasteiger partial charge in [-0.1, -0.05) is 40.5 Å². The largest absolute Gasteiger partial charge is 0.325 e. The second-order valence-electron chi connectivity index (χ2n) is 11.1. The van der Waals surface area contributed by atoms with Crippen molar-refractivity contribution in [3.63, 3.8) is 0 Å². The van der Waals surface area contributed by atoms with Gasteiger partial charge in [0.1, 0.15) is 5.78 Å². The molecule has 0 aromatic carbocycles. The molecule has 2 nitrogen and oxygen atoms in total. The summed E-state index contributed by atoms with van der Waals surface area (Å²) in [4.78, 5) is 11.4. The molecule has 2 heteroatoms. The third-order valence-corrected chi connectivity index (χ3v) is 10.1.